The number of rotatable bonds is 10. The summed E-state index contributed by atoms with van der Waals surface area (Å²) >= 11 is 14.1. The van der Waals surface area contributed by atoms with Crippen LogP contribution in [-0.4, -0.2) is 94.6 Å². The molecule has 1 N–H and O–H groups in total. The van der Waals surface area contributed by atoms with Crippen molar-refractivity contribution >= 4 is 29.2 Å². The molecule has 6 rings (SSSR count). The molecule has 0 radical (unpaired) electrons. The molecule has 0 amide bonds. The number of carbonyl (C=O) groups excluding carboxylic acids is 1. The first-order chi connectivity index (χ1) is 23.9. The van der Waals surface area contributed by atoms with E-state index in [1.54, 1.807) is 26.2 Å². The Morgan fingerprint density at radius 2 is 1.54 bits per heavy atom. The van der Waals surface area contributed by atoms with Crippen molar-refractivity contribution in [3.8, 4) is 45.4 Å². The number of aromatic nitrogens is 3. The molecule has 0 atom stereocenters. The number of likely N-dealkylation sites (tertiary alicyclic amines) is 1. The summed E-state index contributed by atoms with van der Waals surface area (Å²) in [5.74, 6) is 0.345. The van der Waals surface area contributed by atoms with Crippen LogP contribution in [0.2, 0.25) is 10.0 Å². The lowest BCUT2D eigenvalue weighted by Crippen LogP contribution is -2.68. The van der Waals surface area contributed by atoms with Crippen LogP contribution < -0.4 is 9.47 Å². The normalized spacial score (nSPS) is 16.0. The van der Waals surface area contributed by atoms with Crippen molar-refractivity contribution in [1.29, 1.82) is 0 Å². The minimum atomic E-state index is -4.72. The molecule has 2 aromatic heterocycles. The Kier molecular flexibility index (Phi) is 10.2. The molecule has 10 nitrogen and oxygen atoms in total. The third-order valence-corrected chi connectivity index (χ3v) is 9.63. The van der Waals surface area contributed by atoms with Gasteiger partial charge in [0.15, 0.2) is 5.60 Å². The van der Waals surface area contributed by atoms with E-state index in [0.717, 1.165) is 11.1 Å². The Morgan fingerprint density at radius 3 is 2.14 bits per heavy atom. The highest BCUT2D eigenvalue weighted by Crippen LogP contribution is 2.43. The number of alkyl halides is 3. The molecule has 0 aliphatic carbocycles. The number of carbonyl (C=O) groups is 1. The van der Waals surface area contributed by atoms with E-state index in [4.69, 9.17) is 42.4 Å². The van der Waals surface area contributed by atoms with Gasteiger partial charge in [-0.05, 0) is 25.0 Å². The van der Waals surface area contributed by atoms with Crippen LogP contribution in [0.15, 0.2) is 48.7 Å². The maximum absolute atomic E-state index is 13.1. The molecule has 15 heteroatoms. The molecular formula is C35H34Cl2F3N5O5. The van der Waals surface area contributed by atoms with Crippen molar-refractivity contribution in [2.24, 2.45) is 0 Å². The minimum absolute atomic E-state index is 0.00988. The number of hydrogen-bond acceptors (Lipinski definition) is 10. The van der Waals surface area contributed by atoms with Crippen LogP contribution in [0, 0.1) is 0 Å². The quantitative estimate of drug-likeness (QED) is 0.189. The lowest BCUT2D eigenvalue weighted by molar-refractivity contribution is -0.302. The van der Waals surface area contributed by atoms with E-state index in [0.29, 0.717) is 81.4 Å². The fraction of sp³-hybridized carbons (Fsp3) is 0.371. The zero-order valence-corrected chi connectivity index (χ0v) is 29.0. The zero-order valence-electron chi connectivity index (χ0n) is 27.5. The number of methoxy groups -OCH3 is 2. The number of aliphatic hydroxyl groups is 1. The van der Waals surface area contributed by atoms with Crippen LogP contribution in [0.3, 0.4) is 0 Å². The zero-order chi connectivity index (χ0) is 35.8. The molecule has 2 aliphatic heterocycles. The highest BCUT2D eigenvalue weighted by Gasteiger charge is 2.60. The third-order valence-electron chi connectivity index (χ3n) is 8.82. The second-order valence-corrected chi connectivity index (χ2v) is 12.9. The highest BCUT2D eigenvalue weighted by molar-refractivity contribution is 6.39. The first-order valence-corrected chi connectivity index (χ1v) is 16.6. The standard InChI is InChI=1S/C35H34Cl2F3N5O5/c1-4-50-29(46)17-44-12-11-21-20(15-44)13-26(42-32(21)48-2)24-9-5-7-22(30(24)36)23-8-6-10-25(31(23)37)27-14-41-28(33(43-27)49-3)16-45-18-34(47,19-45)35(38,39)40/h5-10,13-14,47H,4,11-12,15-19H2,1-3H3. The first-order valence-electron chi connectivity index (χ1n) is 15.8. The number of halogens is 5. The summed E-state index contributed by atoms with van der Waals surface area (Å²) in [4.78, 5) is 29.4. The number of ether oxygens (including phenoxy) is 3. The second kappa shape index (κ2) is 14.3. The van der Waals surface area contributed by atoms with Crippen LogP contribution >= 0.6 is 23.2 Å². The van der Waals surface area contributed by atoms with Crippen LogP contribution in [0.1, 0.15) is 23.7 Å². The number of β-amino-alcohol motifs (C(OH)–C–C–N with tert-alkyl or cyclic N) is 1. The summed E-state index contributed by atoms with van der Waals surface area (Å²) in [6.45, 7) is 2.33. The Labute approximate surface area is 296 Å². The van der Waals surface area contributed by atoms with Crippen LogP contribution in [0.4, 0.5) is 13.2 Å². The monoisotopic (exact) mass is 731 g/mol. The van der Waals surface area contributed by atoms with E-state index >= 15 is 0 Å². The number of benzene rings is 2. The van der Waals surface area contributed by atoms with Gasteiger partial charge in [0.1, 0.15) is 5.69 Å². The van der Waals surface area contributed by atoms with E-state index < -0.39 is 24.9 Å². The molecule has 1 saturated heterocycles. The molecule has 0 spiro atoms. The Hall–Kier alpha value is -4.01. The molecular weight excluding hydrogens is 698 g/mol. The summed E-state index contributed by atoms with van der Waals surface area (Å²) < 4.78 is 55.5. The predicted molar refractivity (Wildman–Crippen MR) is 181 cm³/mol. The van der Waals surface area contributed by atoms with E-state index in [9.17, 15) is 23.1 Å². The Balaban J connectivity index is 1.28. The third kappa shape index (κ3) is 6.97. The van der Waals surface area contributed by atoms with Gasteiger partial charge in [0.05, 0.1) is 55.0 Å². The number of nitrogens with zero attached hydrogens (tertiary/aromatic N) is 5. The lowest BCUT2D eigenvalue weighted by atomic mass is 9.93. The number of fused-ring (bicyclic) bond motifs is 1. The van der Waals surface area contributed by atoms with Gasteiger partial charge in [0.25, 0.3) is 0 Å². The number of esters is 1. The number of hydrogen-bond donors (Lipinski definition) is 1. The molecule has 4 heterocycles. The van der Waals surface area contributed by atoms with Gasteiger partial charge in [-0.25, -0.2) is 9.97 Å². The molecule has 0 unspecified atom stereocenters. The summed E-state index contributed by atoms with van der Waals surface area (Å²) in [7, 11) is 2.97. The maximum Gasteiger partial charge on any atom is 0.419 e. The van der Waals surface area contributed by atoms with Crippen molar-refractivity contribution in [1.82, 2.24) is 24.8 Å². The fourth-order valence-corrected chi connectivity index (χ4v) is 6.95. The fourth-order valence-electron chi connectivity index (χ4n) is 6.30. The van der Waals surface area contributed by atoms with Gasteiger partial charge in [0, 0.05) is 60.5 Å². The second-order valence-electron chi connectivity index (χ2n) is 12.1. The van der Waals surface area contributed by atoms with Crippen molar-refractivity contribution in [2.75, 3.05) is 47.0 Å². The summed E-state index contributed by atoms with van der Waals surface area (Å²) in [6.07, 6.45) is -2.58. The van der Waals surface area contributed by atoms with Gasteiger partial charge in [-0.1, -0.05) is 59.6 Å². The molecule has 4 aromatic rings. The van der Waals surface area contributed by atoms with Crippen LogP contribution in [0.5, 0.6) is 11.8 Å². The molecule has 2 aromatic carbocycles. The minimum Gasteiger partial charge on any atom is -0.481 e. The first kappa shape index (κ1) is 35.8. The SMILES string of the molecule is CCOC(=O)CN1CCc2c(cc(-c3cccc(-c4cccc(-c5cnc(CN6CC(O)(C(F)(F)F)C6)c(OC)n5)c4Cl)c3Cl)nc2OC)C1. The smallest absolute Gasteiger partial charge is 0.419 e. The van der Waals surface area contributed by atoms with E-state index in [1.165, 1.54) is 18.2 Å². The number of pyridine rings is 1. The average molecular weight is 733 g/mol. The van der Waals surface area contributed by atoms with E-state index in [2.05, 4.69) is 9.97 Å². The molecule has 264 valence electrons. The van der Waals surface area contributed by atoms with Gasteiger partial charge in [0.2, 0.25) is 11.8 Å². The maximum atomic E-state index is 13.1. The molecule has 2 aliphatic rings. The van der Waals surface area contributed by atoms with Gasteiger partial charge in [-0.2, -0.15) is 13.2 Å². The molecule has 0 saturated carbocycles. The topological polar surface area (TPSA) is 110 Å². The molecule has 1 fully saturated rings. The van der Waals surface area contributed by atoms with Gasteiger partial charge in [-0.3, -0.25) is 19.6 Å². The van der Waals surface area contributed by atoms with Crippen molar-refractivity contribution in [2.45, 2.75) is 38.2 Å². The van der Waals surface area contributed by atoms with Gasteiger partial charge in [-0.15, -0.1) is 0 Å². The Bertz CT molecular complexity index is 1920. The molecule has 50 heavy (non-hydrogen) atoms. The predicted octanol–water partition coefficient (Wildman–Crippen LogP) is 6.23. The highest BCUT2D eigenvalue weighted by atomic mass is 35.5. The van der Waals surface area contributed by atoms with E-state index in [1.807, 2.05) is 35.2 Å². The lowest BCUT2D eigenvalue weighted by Gasteiger charge is -2.46. The summed E-state index contributed by atoms with van der Waals surface area (Å²) in [5.41, 5.74) is 2.98. The van der Waals surface area contributed by atoms with Crippen LogP contribution in [0.25, 0.3) is 33.6 Å². The van der Waals surface area contributed by atoms with Gasteiger partial charge >= 0.3 is 12.1 Å². The van der Waals surface area contributed by atoms with E-state index in [-0.39, 0.29) is 24.9 Å². The van der Waals surface area contributed by atoms with Crippen molar-refractivity contribution in [3.05, 3.63) is 75.5 Å². The van der Waals surface area contributed by atoms with Crippen molar-refractivity contribution in [3.63, 3.8) is 0 Å². The van der Waals surface area contributed by atoms with Crippen molar-refractivity contribution < 1.29 is 37.3 Å². The summed E-state index contributed by atoms with van der Waals surface area (Å²) in [6, 6.07) is 12.9. The summed E-state index contributed by atoms with van der Waals surface area (Å²) in [5, 5.41) is 10.6. The Morgan fingerprint density at radius 1 is 0.940 bits per heavy atom. The van der Waals surface area contributed by atoms with Crippen LogP contribution in [-0.2, 0) is 29.0 Å². The van der Waals surface area contributed by atoms with Gasteiger partial charge < -0.3 is 19.3 Å². The molecule has 0 bridgehead atoms. The largest absolute Gasteiger partial charge is 0.481 e. The average Bonchev–Trinajstić information content (AvgIpc) is 3.07.